The summed E-state index contributed by atoms with van der Waals surface area (Å²) >= 11 is 1.45. The van der Waals surface area contributed by atoms with E-state index in [1.165, 1.54) is 22.5 Å². The minimum Gasteiger partial charge on any atom is -0.486 e. The standard InChI is InChI=1S/C16H14N4O2S/c1-10-5-6-12(8-11(10)2)22-9-14-19-20-15(13-4-3-7-21-13)17-18-16(20)23-14/h3-8H,9H2,1-2H3. The van der Waals surface area contributed by atoms with E-state index < -0.39 is 0 Å². The fourth-order valence-electron chi connectivity index (χ4n) is 2.22. The predicted molar refractivity (Wildman–Crippen MR) is 86.6 cm³/mol. The fourth-order valence-corrected chi connectivity index (χ4v) is 2.97. The van der Waals surface area contributed by atoms with Gasteiger partial charge in [0.1, 0.15) is 12.4 Å². The van der Waals surface area contributed by atoms with E-state index >= 15 is 0 Å². The average molecular weight is 326 g/mol. The van der Waals surface area contributed by atoms with Crippen molar-refractivity contribution in [1.29, 1.82) is 0 Å². The Hall–Kier alpha value is -2.67. The van der Waals surface area contributed by atoms with Gasteiger partial charge in [0.05, 0.1) is 6.26 Å². The summed E-state index contributed by atoms with van der Waals surface area (Å²) in [5.41, 5.74) is 2.46. The van der Waals surface area contributed by atoms with Gasteiger partial charge in [-0.2, -0.15) is 9.61 Å². The van der Waals surface area contributed by atoms with Crippen LogP contribution in [0.3, 0.4) is 0 Å². The van der Waals surface area contributed by atoms with Crippen LogP contribution in [0, 0.1) is 13.8 Å². The smallest absolute Gasteiger partial charge is 0.235 e. The number of benzene rings is 1. The normalized spacial score (nSPS) is 11.2. The quantitative estimate of drug-likeness (QED) is 0.573. The van der Waals surface area contributed by atoms with Gasteiger partial charge in [-0.05, 0) is 49.2 Å². The monoisotopic (exact) mass is 326 g/mol. The van der Waals surface area contributed by atoms with Crippen LogP contribution < -0.4 is 4.74 Å². The summed E-state index contributed by atoms with van der Waals surface area (Å²) in [6, 6.07) is 9.70. The van der Waals surface area contributed by atoms with Crippen molar-refractivity contribution in [2.24, 2.45) is 0 Å². The summed E-state index contributed by atoms with van der Waals surface area (Å²) in [5, 5.41) is 13.6. The first kappa shape index (κ1) is 14.0. The molecule has 0 fully saturated rings. The van der Waals surface area contributed by atoms with Crippen LogP contribution in [-0.2, 0) is 6.61 Å². The fraction of sp³-hybridized carbons (Fsp3) is 0.188. The van der Waals surface area contributed by atoms with Gasteiger partial charge in [-0.1, -0.05) is 17.4 Å². The Morgan fingerprint density at radius 2 is 2.09 bits per heavy atom. The molecule has 6 nitrogen and oxygen atoms in total. The van der Waals surface area contributed by atoms with Crippen LogP contribution >= 0.6 is 11.3 Å². The Labute approximate surface area is 136 Å². The van der Waals surface area contributed by atoms with Gasteiger partial charge in [-0.25, -0.2) is 0 Å². The van der Waals surface area contributed by atoms with Crippen molar-refractivity contribution < 1.29 is 9.15 Å². The maximum absolute atomic E-state index is 5.82. The first-order chi connectivity index (χ1) is 11.2. The summed E-state index contributed by atoms with van der Waals surface area (Å²) in [6.07, 6.45) is 1.60. The van der Waals surface area contributed by atoms with E-state index in [-0.39, 0.29) is 0 Å². The van der Waals surface area contributed by atoms with Crippen LogP contribution in [0.2, 0.25) is 0 Å². The van der Waals surface area contributed by atoms with Crippen molar-refractivity contribution in [3.63, 3.8) is 0 Å². The summed E-state index contributed by atoms with van der Waals surface area (Å²) in [6.45, 7) is 4.55. The third-order valence-corrected chi connectivity index (χ3v) is 4.49. The summed E-state index contributed by atoms with van der Waals surface area (Å²) < 4.78 is 12.9. The molecule has 0 aliphatic heterocycles. The topological polar surface area (TPSA) is 65.5 Å². The Balaban J connectivity index is 1.56. The van der Waals surface area contributed by atoms with Crippen LogP contribution in [0.5, 0.6) is 5.75 Å². The van der Waals surface area contributed by atoms with Crippen molar-refractivity contribution in [2.75, 3.05) is 0 Å². The largest absolute Gasteiger partial charge is 0.486 e. The minimum atomic E-state index is 0.397. The second-order valence-electron chi connectivity index (χ2n) is 5.23. The Morgan fingerprint density at radius 1 is 1.17 bits per heavy atom. The summed E-state index contributed by atoms with van der Waals surface area (Å²) in [5.74, 6) is 2.08. The second kappa shape index (κ2) is 5.51. The van der Waals surface area contributed by atoms with Crippen molar-refractivity contribution in [3.8, 4) is 17.3 Å². The molecule has 7 heteroatoms. The molecule has 23 heavy (non-hydrogen) atoms. The zero-order valence-electron chi connectivity index (χ0n) is 12.7. The number of aryl methyl sites for hydroxylation is 2. The molecule has 0 N–H and O–H groups in total. The van der Waals surface area contributed by atoms with Gasteiger partial charge in [-0.15, -0.1) is 10.2 Å². The molecule has 0 aliphatic carbocycles. The molecule has 0 saturated heterocycles. The SMILES string of the molecule is Cc1ccc(OCc2nn3c(-c4ccco4)nnc3s2)cc1C. The van der Waals surface area contributed by atoms with Gasteiger partial charge >= 0.3 is 0 Å². The van der Waals surface area contributed by atoms with Gasteiger partial charge in [0.2, 0.25) is 10.8 Å². The van der Waals surface area contributed by atoms with Crippen molar-refractivity contribution in [1.82, 2.24) is 19.8 Å². The third kappa shape index (κ3) is 2.59. The maximum Gasteiger partial charge on any atom is 0.235 e. The highest BCUT2D eigenvalue weighted by molar-refractivity contribution is 7.16. The molecule has 0 spiro atoms. The van der Waals surface area contributed by atoms with Crippen molar-refractivity contribution in [3.05, 3.63) is 52.7 Å². The van der Waals surface area contributed by atoms with Gasteiger partial charge < -0.3 is 9.15 Å². The van der Waals surface area contributed by atoms with Crippen LogP contribution in [0.4, 0.5) is 0 Å². The number of aromatic nitrogens is 4. The lowest BCUT2D eigenvalue weighted by Gasteiger charge is -2.06. The highest BCUT2D eigenvalue weighted by Gasteiger charge is 2.15. The number of rotatable bonds is 4. The van der Waals surface area contributed by atoms with E-state index in [9.17, 15) is 0 Å². The average Bonchev–Trinajstić information content (AvgIpc) is 3.24. The van der Waals surface area contributed by atoms with Crippen LogP contribution in [0.1, 0.15) is 16.1 Å². The molecular formula is C16H14N4O2S. The number of hydrogen-bond donors (Lipinski definition) is 0. The highest BCUT2D eigenvalue weighted by atomic mass is 32.1. The first-order valence-corrected chi connectivity index (χ1v) is 7.97. The van der Waals surface area contributed by atoms with Crippen LogP contribution in [-0.4, -0.2) is 19.8 Å². The molecular weight excluding hydrogens is 312 g/mol. The number of fused-ring (bicyclic) bond motifs is 1. The number of hydrogen-bond acceptors (Lipinski definition) is 6. The molecule has 116 valence electrons. The molecule has 0 unspecified atom stereocenters. The zero-order chi connectivity index (χ0) is 15.8. The van der Waals surface area contributed by atoms with E-state index in [0.29, 0.717) is 18.2 Å². The van der Waals surface area contributed by atoms with E-state index in [1.54, 1.807) is 10.8 Å². The van der Waals surface area contributed by atoms with Gasteiger partial charge in [-0.3, -0.25) is 0 Å². The lowest BCUT2D eigenvalue weighted by molar-refractivity contribution is 0.304. The van der Waals surface area contributed by atoms with E-state index in [4.69, 9.17) is 9.15 Å². The summed E-state index contributed by atoms with van der Waals surface area (Å²) in [4.78, 5) is 0.718. The van der Waals surface area contributed by atoms with Gasteiger partial charge in [0.25, 0.3) is 0 Å². The van der Waals surface area contributed by atoms with Crippen LogP contribution in [0.25, 0.3) is 16.5 Å². The minimum absolute atomic E-state index is 0.397. The molecule has 4 rings (SSSR count). The first-order valence-electron chi connectivity index (χ1n) is 7.16. The molecule has 0 atom stereocenters. The number of ether oxygens (including phenoxy) is 1. The molecule has 0 aliphatic rings. The molecule has 0 amide bonds. The lowest BCUT2D eigenvalue weighted by atomic mass is 10.1. The Morgan fingerprint density at radius 3 is 2.87 bits per heavy atom. The van der Waals surface area contributed by atoms with E-state index in [1.807, 2.05) is 24.3 Å². The molecule has 0 radical (unpaired) electrons. The molecule has 0 saturated carbocycles. The Bertz CT molecular complexity index is 956. The zero-order valence-corrected chi connectivity index (χ0v) is 13.5. The lowest BCUT2D eigenvalue weighted by Crippen LogP contribution is -1.97. The van der Waals surface area contributed by atoms with Crippen molar-refractivity contribution in [2.45, 2.75) is 20.5 Å². The third-order valence-electron chi connectivity index (χ3n) is 3.61. The second-order valence-corrected chi connectivity index (χ2v) is 6.27. The van der Waals surface area contributed by atoms with Crippen LogP contribution in [0.15, 0.2) is 41.0 Å². The molecule has 1 aromatic carbocycles. The van der Waals surface area contributed by atoms with Gasteiger partial charge in [0.15, 0.2) is 10.8 Å². The van der Waals surface area contributed by atoms with E-state index in [0.717, 1.165) is 15.7 Å². The molecule has 4 aromatic rings. The maximum atomic E-state index is 5.82. The molecule has 3 heterocycles. The Kier molecular flexibility index (Phi) is 3.34. The highest BCUT2D eigenvalue weighted by Crippen LogP contribution is 2.23. The summed E-state index contributed by atoms with van der Waals surface area (Å²) in [7, 11) is 0. The predicted octanol–water partition coefficient (Wildman–Crippen LogP) is 3.64. The number of furan rings is 1. The van der Waals surface area contributed by atoms with E-state index in [2.05, 4.69) is 35.2 Å². The van der Waals surface area contributed by atoms with Gasteiger partial charge in [0, 0.05) is 0 Å². The van der Waals surface area contributed by atoms with Crippen molar-refractivity contribution >= 4 is 16.3 Å². The number of nitrogens with zero attached hydrogens (tertiary/aromatic N) is 4. The molecule has 0 bridgehead atoms. The molecule has 3 aromatic heterocycles.